The predicted octanol–water partition coefficient (Wildman–Crippen LogP) is 2.62. The Bertz CT molecular complexity index is 222. The molecule has 3 atom stereocenters. The van der Waals surface area contributed by atoms with Crippen LogP contribution in [0.5, 0.6) is 0 Å². The van der Waals surface area contributed by atoms with Crippen LogP contribution in [-0.2, 0) is 9.53 Å². The van der Waals surface area contributed by atoms with Crippen molar-refractivity contribution in [2.45, 2.75) is 39.5 Å². The van der Waals surface area contributed by atoms with Crippen molar-refractivity contribution in [1.82, 2.24) is 0 Å². The molecule has 2 fully saturated rings. The lowest BCUT2D eigenvalue weighted by molar-refractivity contribution is -0.151. The summed E-state index contributed by atoms with van der Waals surface area (Å²) in [6.07, 6.45) is 4.98. The number of hydrogen-bond acceptors (Lipinski definition) is 2. The molecule has 2 saturated carbocycles. The summed E-state index contributed by atoms with van der Waals surface area (Å²) >= 11 is 0. The first-order valence-electron chi connectivity index (χ1n) is 5.83. The maximum Gasteiger partial charge on any atom is 0.309 e. The summed E-state index contributed by atoms with van der Waals surface area (Å²) < 4.78 is 5.30. The smallest absolute Gasteiger partial charge is 0.309 e. The molecule has 0 amide bonds. The molecule has 0 aliphatic heterocycles. The first-order valence-corrected chi connectivity index (χ1v) is 5.83. The second-order valence-electron chi connectivity index (χ2n) is 5.31. The summed E-state index contributed by atoms with van der Waals surface area (Å²) in [5, 5.41) is 0. The third kappa shape index (κ3) is 1.94. The van der Waals surface area contributed by atoms with E-state index in [1.165, 1.54) is 19.3 Å². The van der Waals surface area contributed by atoms with Gasteiger partial charge >= 0.3 is 5.97 Å². The van der Waals surface area contributed by atoms with Crippen molar-refractivity contribution in [3.8, 4) is 0 Å². The molecule has 0 spiro atoms. The zero-order chi connectivity index (χ0) is 10.1. The lowest BCUT2D eigenvalue weighted by Gasteiger charge is -2.20. The number of ether oxygens (including phenoxy) is 1. The molecule has 0 aromatic heterocycles. The first kappa shape index (κ1) is 10.0. The standard InChI is InChI=1S/C12H20O2/c1-8(2)7-14-12(13)11-6-9-3-4-10(11)5-9/h8-11H,3-7H2,1-2H3. The van der Waals surface area contributed by atoms with Gasteiger partial charge in [0.2, 0.25) is 0 Å². The van der Waals surface area contributed by atoms with Crippen LogP contribution in [0, 0.1) is 23.7 Å². The summed E-state index contributed by atoms with van der Waals surface area (Å²) in [4.78, 5) is 11.7. The molecule has 2 nitrogen and oxygen atoms in total. The van der Waals surface area contributed by atoms with E-state index in [1.54, 1.807) is 0 Å². The van der Waals surface area contributed by atoms with E-state index in [4.69, 9.17) is 4.74 Å². The van der Waals surface area contributed by atoms with Crippen LogP contribution < -0.4 is 0 Å². The average molecular weight is 196 g/mol. The van der Waals surface area contributed by atoms with Gasteiger partial charge in [0.25, 0.3) is 0 Å². The third-order valence-electron chi connectivity index (χ3n) is 3.60. The minimum Gasteiger partial charge on any atom is -0.465 e. The number of rotatable bonds is 3. The minimum atomic E-state index is 0.0749. The van der Waals surface area contributed by atoms with Crippen LogP contribution in [0.4, 0.5) is 0 Å². The van der Waals surface area contributed by atoms with Gasteiger partial charge in [0, 0.05) is 0 Å². The quantitative estimate of drug-likeness (QED) is 0.649. The Labute approximate surface area is 86.0 Å². The number of esters is 1. The molecule has 0 saturated heterocycles. The largest absolute Gasteiger partial charge is 0.465 e. The van der Waals surface area contributed by atoms with Gasteiger partial charge in [-0.15, -0.1) is 0 Å². The minimum absolute atomic E-state index is 0.0749. The first-order chi connectivity index (χ1) is 6.66. The number of carbonyl (C=O) groups is 1. The van der Waals surface area contributed by atoms with Gasteiger partial charge in [-0.2, -0.15) is 0 Å². The second kappa shape index (κ2) is 3.92. The van der Waals surface area contributed by atoms with Gasteiger partial charge in [-0.1, -0.05) is 20.3 Å². The summed E-state index contributed by atoms with van der Waals surface area (Å²) in [7, 11) is 0. The summed E-state index contributed by atoms with van der Waals surface area (Å²) in [5.41, 5.74) is 0. The van der Waals surface area contributed by atoms with Crippen LogP contribution in [0.1, 0.15) is 39.5 Å². The maximum absolute atomic E-state index is 11.7. The molecule has 2 bridgehead atoms. The Hall–Kier alpha value is -0.530. The molecule has 2 aliphatic carbocycles. The van der Waals surface area contributed by atoms with Crippen LogP contribution in [0.25, 0.3) is 0 Å². The van der Waals surface area contributed by atoms with E-state index in [2.05, 4.69) is 13.8 Å². The van der Waals surface area contributed by atoms with Crippen LogP contribution in [0.15, 0.2) is 0 Å². The molecular formula is C12H20O2. The normalized spacial score (nSPS) is 35.2. The fourth-order valence-corrected chi connectivity index (χ4v) is 2.89. The number of carbonyl (C=O) groups excluding carboxylic acids is 1. The van der Waals surface area contributed by atoms with Crippen LogP contribution in [0.2, 0.25) is 0 Å². The average Bonchev–Trinajstić information content (AvgIpc) is 2.74. The third-order valence-corrected chi connectivity index (χ3v) is 3.60. The number of fused-ring (bicyclic) bond motifs is 2. The molecular weight excluding hydrogens is 176 g/mol. The maximum atomic E-state index is 11.7. The van der Waals surface area contributed by atoms with Crippen molar-refractivity contribution in [3.63, 3.8) is 0 Å². The SMILES string of the molecule is CC(C)COC(=O)C1CC2CCC1C2. The van der Waals surface area contributed by atoms with Gasteiger partial charge in [0.1, 0.15) is 0 Å². The molecule has 3 unspecified atom stereocenters. The molecule has 2 heteroatoms. The van der Waals surface area contributed by atoms with E-state index in [0.29, 0.717) is 18.4 Å². The highest BCUT2D eigenvalue weighted by Gasteiger charge is 2.43. The Kier molecular flexibility index (Phi) is 2.80. The Morgan fingerprint density at radius 2 is 2.14 bits per heavy atom. The second-order valence-corrected chi connectivity index (χ2v) is 5.31. The number of hydrogen-bond donors (Lipinski definition) is 0. The molecule has 80 valence electrons. The molecule has 0 aromatic rings. The highest BCUT2D eigenvalue weighted by molar-refractivity contribution is 5.73. The fourth-order valence-electron chi connectivity index (χ4n) is 2.89. The van der Waals surface area contributed by atoms with E-state index in [-0.39, 0.29) is 11.9 Å². The highest BCUT2D eigenvalue weighted by atomic mass is 16.5. The zero-order valence-electron chi connectivity index (χ0n) is 9.16. The van der Waals surface area contributed by atoms with E-state index < -0.39 is 0 Å². The Morgan fingerprint density at radius 1 is 1.36 bits per heavy atom. The Balaban J connectivity index is 1.81. The van der Waals surface area contributed by atoms with Crippen molar-refractivity contribution in [2.24, 2.45) is 23.7 Å². The molecule has 0 heterocycles. The van der Waals surface area contributed by atoms with E-state index in [9.17, 15) is 4.79 Å². The summed E-state index contributed by atoms with van der Waals surface area (Å²) in [6.45, 7) is 4.74. The monoisotopic (exact) mass is 196 g/mol. The fraction of sp³-hybridized carbons (Fsp3) is 0.917. The topological polar surface area (TPSA) is 26.3 Å². The van der Waals surface area contributed by atoms with E-state index in [1.807, 2.05) is 0 Å². The van der Waals surface area contributed by atoms with Crippen molar-refractivity contribution in [2.75, 3.05) is 6.61 Å². The summed E-state index contributed by atoms with van der Waals surface area (Å²) in [6, 6.07) is 0. The lowest BCUT2D eigenvalue weighted by Crippen LogP contribution is -2.24. The van der Waals surface area contributed by atoms with Crippen LogP contribution in [-0.4, -0.2) is 12.6 Å². The molecule has 2 rings (SSSR count). The molecule has 0 radical (unpaired) electrons. The van der Waals surface area contributed by atoms with Gasteiger partial charge < -0.3 is 4.74 Å². The van der Waals surface area contributed by atoms with E-state index in [0.717, 1.165) is 12.3 Å². The Morgan fingerprint density at radius 3 is 2.64 bits per heavy atom. The lowest BCUT2D eigenvalue weighted by atomic mass is 9.89. The summed E-state index contributed by atoms with van der Waals surface area (Å²) in [5.74, 6) is 2.26. The van der Waals surface area contributed by atoms with E-state index >= 15 is 0 Å². The van der Waals surface area contributed by atoms with Crippen LogP contribution >= 0.6 is 0 Å². The van der Waals surface area contributed by atoms with Gasteiger partial charge in [-0.3, -0.25) is 4.79 Å². The molecule has 2 aliphatic rings. The van der Waals surface area contributed by atoms with Gasteiger partial charge in [-0.05, 0) is 37.0 Å². The van der Waals surface area contributed by atoms with Gasteiger partial charge in [0.05, 0.1) is 12.5 Å². The van der Waals surface area contributed by atoms with Crippen molar-refractivity contribution in [3.05, 3.63) is 0 Å². The van der Waals surface area contributed by atoms with Crippen molar-refractivity contribution < 1.29 is 9.53 Å². The molecule has 14 heavy (non-hydrogen) atoms. The van der Waals surface area contributed by atoms with Crippen LogP contribution in [0.3, 0.4) is 0 Å². The van der Waals surface area contributed by atoms with Gasteiger partial charge in [-0.25, -0.2) is 0 Å². The van der Waals surface area contributed by atoms with Crippen molar-refractivity contribution >= 4 is 5.97 Å². The van der Waals surface area contributed by atoms with Crippen molar-refractivity contribution in [1.29, 1.82) is 0 Å². The molecule has 0 aromatic carbocycles. The highest BCUT2D eigenvalue weighted by Crippen LogP contribution is 2.48. The van der Waals surface area contributed by atoms with Gasteiger partial charge in [0.15, 0.2) is 0 Å². The molecule has 0 N–H and O–H groups in total. The predicted molar refractivity (Wildman–Crippen MR) is 54.7 cm³/mol. The zero-order valence-corrected chi connectivity index (χ0v) is 9.16.